The second-order valence-electron chi connectivity index (χ2n) is 7.70. The van der Waals surface area contributed by atoms with E-state index in [0.717, 1.165) is 31.2 Å². The highest BCUT2D eigenvalue weighted by molar-refractivity contribution is 5.87. The third-order valence-electron chi connectivity index (χ3n) is 5.76. The number of phenolic OH excluding ortho intramolecular Hbond substituents is 1. The lowest BCUT2D eigenvalue weighted by atomic mass is 9.70. The van der Waals surface area contributed by atoms with Gasteiger partial charge in [0.2, 0.25) is 0 Å². The molecule has 0 aromatic heterocycles. The zero-order valence-electron chi connectivity index (χ0n) is 17.3. The standard InChI is InChI=1S/C24H36O3/c1-5-8-17-24(16-6-2,18-15-21(25)19(4)7-3)23(27)14-13-20-11-9-10-12-22(20)26/h6,9-12,19,26H,2,5,7-8,13-18H2,1,3-4H3/t19-,24?/m0/s1. The van der Waals surface area contributed by atoms with Crippen LogP contribution in [0.15, 0.2) is 36.9 Å². The van der Waals surface area contributed by atoms with Gasteiger partial charge in [0.1, 0.15) is 17.3 Å². The molecule has 0 spiro atoms. The maximum atomic E-state index is 13.3. The van der Waals surface area contributed by atoms with E-state index in [1.54, 1.807) is 12.1 Å². The fraction of sp³-hybridized carbons (Fsp3) is 0.583. The molecule has 0 amide bonds. The summed E-state index contributed by atoms with van der Waals surface area (Å²) in [5, 5.41) is 9.96. The molecule has 1 unspecified atom stereocenters. The van der Waals surface area contributed by atoms with Crippen LogP contribution in [0.25, 0.3) is 0 Å². The molecule has 2 atom stereocenters. The van der Waals surface area contributed by atoms with E-state index in [2.05, 4.69) is 13.5 Å². The van der Waals surface area contributed by atoms with Gasteiger partial charge in [-0.05, 0) is 43.7 Å². The summed E-state index contributed by atoms with van der Waals surface area (Å²) >= 11 is 0. The van der Waals surface area contributed by atoms with Gasteiger partial charge in [-0.2, -0.15) is 0 Å². The van der Waals surface area contributed by atoms with E-state index in [1.807, 2.05) is 32.1 Å². The first kappa shape index (κ1) is 23.1. The summed E-state index contributed by atoms with van der Waals surface area (Å²) in [5.74, 6) is 0.723. The number of unbranched alkanes of at least 4 members (excludes halogenated alkanes) is 1. The van der Waals surface area contributed by atoms with E-state index >= 15 is 0 Å². The highest BCUT2D eigenvalue weighted by atomic mass is 16.3. The average Bonchev–Trinajstić information content (AvgIpc) is 2.68. The average molecular weight is 373 g/mol. The predicted octanol–water partition coefficient (Wildman–Crippen LogP) is 6.04. The maximum absolute atomic E-state index is 13.3. The summed E-state index contributed by atoms with van der Waals surface area (Å²) in [7, 11) is 0. The van der Waals surface area contributed by atoms with Crippen molar-refractivity contribution >= 4 is 11.6 Å². The van der Waals surface area contributed by atoms with Crippen molar-refractivity contribution in [2.75, 3.05) is 0 Å². The highest BCUT2D eigenvalue weighted by Crippen LogP contribution is 2.38. The fourth-order valence-corrected chi connectivity index (χ4v) is 3.59. The van der Waals surface area contributed by atoms with Gasteiger partial charge in [0.25, 0.3) is 0 Å². The van der Waals surface area contributed by atoms with Gasteiger partial charge >= 0.3 is 0 Å². The van der Waals surface area contributed by atoms with Crippen LogP contribution >= 0.6 is 0 Å². The van der Waals surface area contributed by atoms with Crippen molar-refractivity contribution in [3.8, 4) is 5.75 Å². The van der Waals surface area contributed by atoms with Crippen LogP contribution in [-0.2, 0) is 16.0 Å². The first-order valence-electron chi connectivity index (χ1n) is 10.3. The Labute approximate surface area is 164 Å². The molecule has 27 heavy (non-hydrogen) atoms. The monoisotopic (exact) mass is 372 g/mol. The molecule has 1 rings (SSSR count). The first-order valence-corrected chi connectivity index (χ1v) is 10.3. The molecule has 0 radical (unpaired) electrons. The Morgan fingerprint density at radius 1 is 1.19 bits per heavy atom. The number of carbonyl (C=O) groups excluding carboxylic acids is 2. The van der Waals surface area contributed by atoms with Crippen LogP contribution in [0.5, 0.6) is 5.75 Å². The number of phenols is 1. The van der Waals surface area contributed by atoms with Gasteiger partial charge in [0.05, 0.1) is 0 Å². The number of aromatic hydroxyl groups is 1. The molecule has 0 saturated carbocycles. The van der Waals surface area contributed by atoms with Crippen LogP contribution in [0.1, 0.15) is 77.7 Å². The zero-order chi connectivity index (χ0) is 20.3. The third-order valence-corrected chi connectivity index (χ3v) is 5.76. The summed E-state index contributed by atoms with van der Waals surface area (Å²) in [6.45, 7) is 9.97. The summed E-state index contributed by atoms with van der Waals surface area (Å²) in [5.41, 5.74) is 0.287. The number of benzene rings is 1. The number of hydrogen-bond acceptors (Lipinski definition) is 3. The number of carbonyl (C=O) groups is 2. The predicted molar refractivity (Wildman–Crippen MR) is 112 cm³/mol. The van der Waals surface area contributed by atoms with Crippen molar-refractivity contribution < 1.29 is 14.7 Å². The molecule has 1 N–H and O–H groups in total. The number of aryl methyl sites for hydroxylation is 1. The molecule has 3 heteroatoms. The van der Waals surface area contributed by atoms with Gasteiger partial charge in [-0.15, -0.1) is 6.58 Å². The minimum Gasteiger partial charge on any atom is -0.508 e. The van der Waals surface area contributed by atoms with Crippen LogP contribution < -0.4 is 0 Å². The summed E-state index contributed by atoms with van der Waals surface area (Å²) in [6, 6.07) is 7.16. The van der Waals surface area contributed by atoms with Gasteiger partial charge in [-0.25, -0.2) is 0 Å². The van der Waals surface area contributed by atoms with Crippen LogP contribution in [0, 0.1) is 11.3 Å². The minimum atomic E-state index is -0.509. The van der Waals surface area contributed by atoms with E-state index in [-0.39, 0.29) is 23.2 Å². The van der Waals surface area contributed by atoms with E-state index < -0.39 is 5.41 Å². The number of ketones is 2. The van der Waals surface area contributed by atoms with Crippen molar-refractivity contribution in [1.82, 2.24) is 0 Å². The lowest BCUT2D eigenvalue weighted by Gasteiger charge is -2.32. The summed E-state index contributed by atoms with van der Waals surface area (Å²) in [6.07, 6.45) is 8.01. The van der Waals surface area contributed by atoms with E-state index in [0.29, 0.717) is 32.1 Å². The topological polar surface area (TPSA) is 54.4 Å². The van der Waals surface area contributed by atoms with Crippen LogP contribution in [0.3, 0.4) is 0 Å². The Balaban J connectivity index is 2.92. The fourth-order valence-electron chi connectivity index (χ4n) is 3.59. The molecule has 0 aliphatic carbocycles. The van der Waals surface area contributed by atoms with E-state index in [1.165, 1.54) is 0 Å². The second-order valence-corrected chi connectivity index (χ2v) is 7.70. The third kappa shape index (κ3) is 6.97. The number of allylic oxidation sites excluding steroid dienone is 1. The summed E-state index contributed by atoms with van der Waals surface area (Å²) in [4.78, 5) is 25.6. The quantitative estimate of drug-likeness (QED) is 0.405. The largest absolute Gasteiger partial charge is 0.508 e. The van der Waals surface area contributed by atoms with Crippen molar-refractivity contribution in [3.05, 3.63) is 42.5 Å². The molecule has 0 aliphatic rings. The van der Waals surface area contributed by atoms with Crippen LogP contribution in [-0.4, -0.2) is 16.7 Å². The molecule has 150 valence electrons. The number of para-hydroxylation sites is 1. The lowest BCUT2D eigenvalue weighted by Crippen LogP contribution is -2.32. The Bertz CT molecular complexity index is 620. The van der Waals surface area contributed by atoms with Crippen molar-refractivity contribution in [1.29, 1.82) is 0 Å². The molecule has 0 aliphatic heterocycles. The van der Waals surface area contributed by atoms with Crippen molar-refractivity contribution in [2.24, 2.45) is 11.3 Å². The van der Waals surface area contributed by atoms with Crippen LogP contribution in [0.4, 0.5) is 0 Å². The highest BCUT2D eigenvalue weighted by Gasteiger charge is 2.36. The molecule has 1 aromatic carbocycles. The first-order chi connectivity index (χ1) is 12.9. The maximum Gasteiger partial charge on any atom is 0.139 e. The lowest BCUT2D eigenvalue weighted by molar-refractivity contribution is -0.130. The van der Waals surface area contributed by atoms with Crippen LogP contribution in [0.2, 0.25) is 0 Å². The minimum absolute atomic E-state index is 0.0500. The van der Waals surface area contributed by atoms with Crippen molar-refractivity contribution in [2.45, 2.75) is 78.6 Å². The molecule has 0 saturated heterocycles. The SMILES string of the molecule is C=CCC(CCCC)(CCC(=O)[C@@H](C)CC)C(=O)CCc1ccccc1O. The zero-order valence-corrected chi connectivity index (χ0v) is 17.3. The number of rotatable bonds is 14. The van der Waals surface area contributed by atoms with Gasteiger partial charge < -0.3 is 5.11 Å². The molecule has 0 fully saturated rings. The van der Waals surface area contributed by atoms with Crippen molar-refractivity contribution in [3.63, 3.8) is 0 Å². The molecular weight excluding hydrogens is 336 g/mol. The Kier molecular flexibility index (Phi) is 10.1. The van der Waals surface area contributed by atoms with Gasteiger partial charge in [0.15, 0.2) is 0 Å². The molecule has 0 bridgehead atoms. The molecular formula is C24H36O3. The second kappa shape index (κ2) is 11.7. The number of hydrogen-bond donors (Lipinski definition) is 1. The molecule has 1 aromatic rings. The normalized spacial score (nSPS) is 14.3. The van der Waals surface area contributed by atoms with Gasteiger partial charge in [0, 0.05) is 24.2 Å². The Morgan fingerprint density at radius 2 is 1.89 bits per heavy atom. The Morgan fingerprint density at radius 3 is 2.48 bits per heavy atom. The van der Waals surface area contributed by atoms with E-state index in [4.69, 9.17) is 0 Å². The van der Waals surface area contributed by atoms with Gasteiger partial charge in [-0.3, -0.25) is 9.59 Å². The molecule has 0 heterocycles. The van der Waals surface area contributed by atoms with E-state index in [9.17, 15) is 14.7 Å². The smallest absolute Gasteiger partial charge is 0.139 e. The molecule has 3 nitrogen and oxygen atoms in total. The Hall–Kier alpha value is -1.90. The summed E-state index contributed by atoms with van der Waals surface area (Å²) < 4.78 is 0. The number of Topliss-reactive ketones (excluding diaryl/α,β-unsaturated/α-hetero) is 2. The van der Waals surface area contributed by atoms with Gasteiger partial charge in [-0.1, -0.05) is 57.9 Å².